The van der Waals surface area contributed by atoms with Crippen LogP contribution in [0.3, 0.4) is 0 Å². The number of ether oxygens (including phenoxy) is 2. The normalized spacial score (nSPS) is 11.3. The van der Waals surface area contributed by atoms with Crippen LogP contribution in [0, 0.1) is 0 Å². The summed E-state index contributed by atoms with van der Waals surface area (Å²) >= 11 is 0. The first kappa shape index (κ1) is 16.5. The van der Waals surface area contributed by atoms with Crippen LogP contribution in [0.1, 0.15) is 16.8 Å². The number of benzene rings is 1. The Balaban J connectivity index is 2.41. The number of hydrogen-bond acceptors (Lipinski definition) is 4. The molecule has 1 aromatic heterocycles. The van der Waals surface area contributed by atoms with E-state index in [-0.39, 0.29) is 5.91 Å². The topological polar surface area (TPSA) is 43.7 Å². The number of nitrogens with zero attached hydrogens (tertiary/aromatic N) is 2. The van der Waals surface area contributed by atoms with Crippen molar-refractivity contribution in [2.45, 2.75) is 12.8 Å². The fraction of sp³-hybridized carbons (Fsp3) is 0.471. The highest BCUT2D eigenvalue weighted by atomic mass is 16.5. The highest BCUT2D eigenvalue weighted by molar-refractivity contribution is 5.95. The molecule has 5 nitrogen and oxygen atoms in total. The van der Waals surface area contributed by atoms with E-state index in [1.54, 1.807) is 18.8 Å². The van der Waals surface area contributed by atoms with Crippen molar-refractivity contribution in [3.63, 3.8) is 0 Å². The van der Waals surface area contributed by atoms with E-state index in [4.69, 9.17) is 9.47 Å². The summed E-state index contributed by atoms with van der Waals surface area (Å²) in [5.41, 5.74) is 2.08. The van der Waals surface area contributed by atoms with Gasteiger partial charge in [-0.05, 0) is 38.2 Å². The van der Waals surface area contributed by atoms with Crippen LogP contribution in [0.5, 0.6) is 5.75 Å². The zero-order valence-electron chi connectivity index (χ0n) is 13.8. The molecule has 1 aromatic carbocycles. The molecule has 0 aliphatic carbocycles. The van der Waals surface area contributed by atoms with Crippen molar-refractivity contribution >= 4 is 16.8 Å². The molecule has 120 valence electrons. The van der Waals surface area contributed by atoms with Gasteiger partial charge in [-0.2, -0.15) is 0 Å². The van der Waals surface area contributed by atoms with Crippen molar-refractivity contribution in [3.05, 3.63) is 30.0 Å². The first-order chi connectivity index (χ1) is 10.6. The van der Waals surface area contributed by atoms with Crippen molar-refractivity contribution in [2.24, 2.45) is 0 Å². The van der Waals surface area contributed by atoms with Crippen molar-refractivity contribution in [2.75, 3.05) is 41.5 Å². The van der Waals surface area contributed by atoms with E-state index >= 15 is 0 Å². The second-order valence-corrected chi connectivity index (χ2v) is 5.60. The van der Waals surface area contributed by atoms with Gasteiger partial charge in [-0.1, -0.05) is 0 Å². The van der Waals surface area contributed by atoms with Crippen LogP contribution in [0.2, 0.25) is 0 Å². The molecule has 0 spiro atoms. The number of carbonyl (C=O) groups is 1. The third kappa shape index (κ3) is 3.67. The lowest BCUT2D eigenvalue weighted by molar-refractivity contribution is 0.0856. The summed E-state index contributed by atoms with van der Waals surface area (Å²) in [7, 11) is 7.33. The van der Waals surface area contributed by atoms with Crippen LogP contribution in [0.15, 0.2) is 24.4 Å². The van der Waals surface area contributed by atoms with Crippen LogP contribution >= 0.6 is 0 Å². The van der Waals surface area contributed by atoms with Gasteiger partial charge in [0.2, 0.25) is 5.91 Å². The molecule has 0 saturated heterocycles. The summed E-state index contributed by atoms with van der Waals surface area (Å²) in [6, 6.07) is 5.88. The third-order valence-corrected chi connectivity index (χ3v) is 3.71. The van der Waals surface area contributed by atoms with Gasteiger partial charge >= 0.3 is 0 Å². The Hall–Kier alpha value is -1.85. The van der Waals surface area contributed by atoms with Gasteiger partial charge in [0.05, 0.1) is 25.7 Å². The zero-order valence-corrected chi connectivity index (χ0v) is 13.8. The van der Waals surface area contributed by atoms with Crippen molar-refractivity contribution < 1.29 is 14.3 Å². The predicted molar refractivity (Wildman–Crippen MR) is 87.9 cm³/mol. The molecule has 0 atom stereocenters. The second-order valence-electron chi connectivity index (χ2n) is 5.60. The molecule has 0 aliphatic rings. The number of fused-ring (bicyclic) bond motifs is 1. The maximum Gasteiger partial charge on any atom is 0.233 e. The smallest absolute Gasteiger partial charge is 0.233 e. The zero-order chi connectivity index (χ0) is 16.1. The minimum Gasteiger partial charge on any atom is -0.497 e. The Bertz CT molecular complexity index is 647. The molecule has 2 aromatic rings. The number of aromatic nitrogens is 1. The molecular weight excluding hydrogens is 280 g/mol. The van der Waals surface area contributed by atoms with Gasteiger partial charge in [0, 0.05) is 31.3 Å². The van der Waals surface area contributed by atoms with Crippen molar-refractivity contribution in [1.29, 1.82) is 0 Å². The molecular formula is C17H24N2O3. The maximum absolute atomic E-state index is 12.4. The standard InChI is InChI=1S/C17H24N2O3/c1-18(2)9-7-13-12-19(17(20)8-10-21-3)16-11-14(22-4)5-6-15(13)16/h5-6,11-12H,7-10H2,1-4H3. The lowest BCUT2D eigenvalue weighted by atomic mass is 10.1. The van der Waals surface area contributed by atoms with Gasteiger partial charge in [0.1, 0.15) is 5.75 Å². The van der Waals surface area contributed by atoms with Gasteiger partial charge in [-0.3, -0.25) is 9.36 Å². The van der Waals surface area contributed by atoms with Gasteiger partial charge in [0.15, 0.2) is 0 Å². The molecule has 0 unspecified atom stereocenters. The Morgan fingerprint density at radius 1 is 1.27 bits per heavy atom. The summed E-state index contributed by atoms with van der Waals surface area (Å²) in [5.74, 6) is 0.793. The monoisotopic (exact) mass is 304 g/mol. The number of likely N-dealkylation sites (N-methyl/N-ethyl adjacent to an activating group) is 1. The Kier molecular flexibility index (Phi) is 5.57. The molecule has 0 aliphatic heterocycles. The van der Waals surface area contributed by atoms with E-state index in [1.807, 2.05) is 38.5 Å². The average Bonchev–Trinajstić information content (AvgIpc) is 2.88. The third-order valence-electron chi connectivity index (χ3n) is 3.71. The molecule has 0 radical (unpaired) electrons. The van der Waals surface area contributed by atoms with E-state index in [0.717, 1.165) is 29.6 Å². The van der Waals surface area contributed by atoms with Gasteiger partial charge < -0.3 is 14.4 Å². The molecule has 0 bridgehead atoms. The van der Waals surface area contributed by atoms with Crippen LogP contribution in [-0.4, -0.2) is 56.8 Å². The lowest BCUT2D eigenvalue weighted by Gasteiger charge is -2.08. The number of hydrogen-bond donors (Lipinski definition) is 0. The first-order valence-corrected chi connectivity index (χ1v) is 7.41. The van der Waals surface area contributed by atoms with Crippen LogP contribution in [0.25, 0.3) is 10.9 Å². The molecule has 0 fully saturated rings. The Labute approximate surface area is 131 Å². The molecule has 0 saturated carbocycles. The first-order valence-electron chi connectivity index (χ1n) is 7.41. The number of carbonyl (C=O) groups excluding carboxylic acids is 1. The quantitative estimate of drug-likeness (QED) is 0.788. The van der Waals surface area contributed by atoms with Gasteiger partial charge in [-0.15, -0.1) is 0 Å². The SMILES string of the molecule is COCCC(=O)n1cc(CCN(C)C)c2ccc(OC)cc21. The largest absolute Gasteiger partial charge is 0.497 e. The molecule has 22 heavy (non-hydrogen) atoms. The Morgan fingerprint density at radius 3 is 2.68 bits per heavy atom. The summed E-state index contributed by atoms with van der Waals surface area (Å²) in [4.78, 5) is 14.5. The maximum atomic E-state index is 12.4. The molecule has 0 N–H and O–H groups in total. The Morgan fingerprint density at radius 2 is 2.05 bits per heavy atom. The summed E-state index contributed by atoms with van der Waals surface area (Å²) in [6.45, 7) is 1.37. The van der Waals surface area contributed by atoms with Crippen LogP contribution < -0.4 is 4.74 Å². The van der Waals surface area contributed by atoms with E-state index in [0.29, 0.717) is 13.0 Å². The number of rotatable bonds is 7. The lowest BCUT2D eigenvalue weighted by Crippen LogP contribution is -2.15. The highest BCUT2D eigenvalue weighted by Gasteiger charge is 2.14. The predicted octanol–water partition coefficient (Wildman–Crippen LogP) is 2.43. The molecule has 2 rings (SSSR count). The van der Waals surface area contributed by atoms with E-state index in [1.165, 1.54) is 5.56 Å². The highest BCUT2D eigenvalue weighted by Crippen LogP contribution is 2.26. The van der Waals surface area contributed by atoms with E-state index in [9.17, 15) is 4.79 Å². The van der Waals surface area contributed by atoms with Gasteiger partial charge in [-0.25, -0.2) is 0 Å². The summed E-state index contributed by atoms with van der Waals surface area (Å²) in [6.07, 6.45) is 3.22. The van der Waals surface area contributed by atoms with Crippen LogP contribution in [0.4, 0.5) is 0 Å². The van der Waals surface area contributed by atoms with Crippen LogP contribution in [-0.2, 0) is 11.2 Å². The fourth-order valence-corrected chi connectivity index (χ4v) is 2.46. The van der Waals surface area contributed by atoms with Crippen molar-refractivity contribution in [3.8, 4) is 5.75 Å². The minimum absolute atomic E-state index is 0.0382. The number of methoxy groups -OCH3 is 2. The molecule has 0 amide bonds. The molecule has 5 heteroatoms. The van der Waals surface area contributed by atoms with E-state index in [2.05, 4.69) is 4.90 Å². The summed E-state index contributed by atoms with van der Waals surface area (Å²) in [5, 5.41) is 1.11. The molecule has 1 heterocycles. The second kappa shape index (κ2) is 7.42. The fourth-order valence-electron chi connectivity index (χ4n) is 2.46. The van der Waals surface area contributed by atoms with Gasteiger partial charge in [0.25, 0.3) is 0 Å². The van der Waals surface area contributed by atoms with Crippen molar-refractivity contribution in [1.82, 2.24) is 9.47 Å². The average molecular weight is 304 g/mol. The summed E-state index contributed by atoms with van der Waals surface area (Å²) < 4.78 is 12.0. The van der Waals surface area contributed by atoms with E-state index < -0.39 is 0 Å². The minimum atomic E-state index is 0.0382.